The van der Waals surface area contributed by atoms with Crippen molar-refractivity contribution in [3.8, 4) is 17.2 Å². The third kappa shape index (κ3) is 3.88. The Kier molecular flexibility index (Phi) is 6.10. The molecule has 128 valence electrons. The minimum Gasteiger partial charge on any atom is -0.493 e. The second kappa shape index (κ2) is 8.06. The fourth-order valence-corrected chi connectivity index (χ4v) is 2.87. The molecule has 6 nitrogen and oxygen atoms in total. The third-order valence-electron chi connectivity index (χ3n) is 4.23. The summed E-state index contributed by atoms with van der Waals surface area (Å²) in [4.78, 5) is 16.8. The first-order chi connectivity index (χ1) is 11.1. The van der Waals surface area contributed by atoms with Crippen LogP contribution >= 0.6 is 0 Å². The fraction of sp³-hybridized carbons (Fsp3) is 0.588. The average Bonchev–Trinajstić information content (AvgIpc) is 3.10. The standard InChI is InChI=1S/C17H26N2O4/c1-18(11-12-19-9-5-6-10-19)17(20)13-7-8-14(21-2)16(23-4)15(13)22-3/h7-8H,5-6,9-12H2,1-4H3. The van der Waals surface area contributed by atoms with Gasteiger partial charge < -0.3 is 24.0 Å². The summed E-state index contributed by atoms with van der Waals surface area (Å²) in [7, 11) is 6.43. The van der Waals surface area contributed by atoms with Crippen molar-refractivity contribution < 1.29 is 19.0 Å². The zero-order valence-corrected chi connectivity index (χ0v) is 14.4. The number of amides is 1. The lowest BCUT2D eigenvalue weighted by molar-refractivity contribution is 0.0778. The van der Waals surface area contributed by atoms with Crippen LogP contribution in [-0.2, 0) is 0 Å². The van der Waals surface area contributed by atoms with Gasteiger partial charge in [-0.05, 0) is 38.1 Å². The monoisotopic (exact) mass is 322 g/mol. The first-order valence-corrected chi connectivity index (χ1v) is 7.89. The Hall–Kier alpha value is -1.95. The van der Waals surface area contributed by atoms with Crippen molar-refractivity contribution in [2.75, 3.05) is 54.6 Å². The van der Waals surface area contributed by atoms with E-state index in [2.05, 4.69) is 4.90 Å². The fourth-order valence-electron chi connectivity index (χ4n) is 2.87. The molecule has 0 radical (unpaired) electrons. The number of carbonyl (C=O) groups is 1. The van der Waals surface area contributed by atoms with Crippen LogP contribution < -0.4 is 14.2 Å². The lowest BCUT2D eigenvalue weighted by Crippen LogP contribution is -2.35. The van der Waals surface area contributed by atoms with E-state index in [0.29, 0.717) is 29.4 Å². The van der Waals surface area contributed by atoms with Gasteiger partial charge in [-0.3, -0.25) is 4.79 Å². The molecule has 23 heavy (non-hydrogen) atoms. The molecule has 0 spiro atoms. The highest BCUT2D eigenvalue weighted by atomic mass is 16.5. The maximum absolute atomic E-state index is 12.7. The van der Waals surface area contributed by atoms with Gasteiger partial charge in [-0.2, -0.15) is 0 Å². The van der Waals surface area contributed by atoms with Crippen LogP contribution in [0, 0.1) is 0 Å². The molecule has 0 aliphatic carbocycles. The Bertz CT molecular complexity index is 542. The van der Waals surface area contributed by atoms with Crippen LogP contribution in [0.25, 0.3) is 0 Å². The normalized spacial score (nSPS) is 14.6. The van der Waals surface area contributed by atoms with Gasteiger partial charge in [0.2, 0.25) is 5.75 Å². The van der Waals surface area contributed by atoms with Gasteiger partial charge in [-0.25, -0.2) is 0 Å². The van der Waals surface area contributed by atoms with E-state index < -0.39 is 0 Å². The summed E-state index contributed by atoms with van der Waals surface area (Å²) in [6.45, 7) is 3.84. The van der Waals surface area contributed by atoms with Crippen LogP contribution in [0.5, 0.6) is 17.2 Å². The largest absolute Gasteiger partial charge is 0.493 e. The van der Waals surface area contributed by atoms with Crippen LogP contribution in [0.4, 0.5) is 0 Å². The Labute approximate surface area is 137 Å². The van der Waals surface area contributed by atoms with Crippen molar-refractivity contribution in [3.63, 3.8) is 0 Å². The molecule has 0 atom stereocenters. The molecule has 1 heterocycles. The van der Waals surface area contributed by atoms with Crippen molar-refractivity contribution in [2.24, 2.45) is 0 Å². The van der Waals surface area contributed by atoms with Gasteiger partial charge in [0.05, 0.1) is 26.9 Å². The van der Waals surface area contributed by atoms with Crippen molar-refractivity contribution in [1.82, 2.24) is 9.80 Å². The summed E-state index contributed by atoms with van der Waals surface area (Å²) in [5.74, 6) is 1.31. The van der Waals surface area contributed by atoms with E-state index in [1.54, 1.807) is 24.1 Å². The van der Waals surface area contributed by atoms with Gasteiger partial charge in [0, 0.05) is 20.1 Å². The van der Waals surface area contributed by atoms with E-state index in [4.69, 9.17) is 14.2 Å². The van der Waals surface area contributed by atoms with Gasteiger partial charge >= 0.3 is 0 Å². The second-order valence-electron chi connectivity index (χ2n) is 5.66. The topological polar surface area (TPSA) is 51.2 Å². The average molecular weight is 322 g/mol. The Morgan fingerprint density at radius 2 is 1.74 bits per heavy atom. The Balaban J connectivity index is 2.13. The maximum Gasteiger partial charge on any atom is 0.257 e. The highest BCUT2D eigenvalue weighted by Gasteiger charge is 2.23. The zero-order chi connectivity index (χ0) is 16.8. The van der Waals surface area contributed by atoms with E-state index in [-0.39, 0.29) is 5.91 Å². The summed E-state index contributed by atoms with van der Waals surface area (Å²) >= 11 is 0. The number of hydrogen-bond donors (Lipinski definition) is 0. The molecule has 1 amide bonds. The summed E-state index contributed by atoms with van der Waals surface area (Å²) in [6, 6.07) is 3.44. The first kappa shape index (κ1) is 17.4. The van der Waals surface area contributed by atoms with Crippen LogP contribution in [0.2, 0.25) is 0 Å². The van der Waals surface area contributed by atoms with Crippen LogP contribution in [-0.4, -0.2) is 70.3 Å². The maximum atomic E-state index is 12.7. The van der Waals surface area contributed by atoms with Crippen LogP contribution in [0.15, 0.2) is 12.1 Å². The summed E-state index contributed by atoms with van der Waals surface area (Å²) < 4.78 is 16.0. The molecule has 2 rings (SSSR count). The minimum absolute atomic E-state index is 0.0815. The molecule has 1 aromatic rings. The van der Waals surface area contributed by atoms with Crippen molar-refractivity contribution >= 4 is 5.91 Å². The molecule has 1 aromatic carbocycles. The van der Waals surface area contributed by atoms with E-state index >= 15 is 0 Å². The van der Waals surface area contributed by atoms with E-state index in [0.717, 1.165) is 19.6 Å². The quantitative estimate of drug-likeness (QED) is 0.767. The predicted molar refractivity (Wildman–Crippen MR) is 88.7 cm³/mol. The van der Waals surface area contributed by atoms with E-state index in [1.165, 1.54) is 27.1 Å². The lowest BCUT2D eigenvalue weighted by atomic mass is 10.1. The van der Waals surface area contributed by atoms with Crippen LogP contribution in [0.3, 0.4) is 0 Å². The molecule has 0 bridgehead atoms. The molecule has 6 heteroatoms. The number of methoxy groups -OCH3 is 3. The van der Waals surface area contributed by atoms with Gasteiger partial charge in [0.15, 0.2) is 11.5 Å². The molecule has 1 fully saturated rings. The van der Waals surface area contributed by atoms with Gasteiger partial charge in [-0.1, -0.05) is 0 Å². The van der Waals surface area contributed by atoms with Crippen molar-refractivity contribution in [1.29, 1.82) is 0 Å². The highest BCUT2D eigenvalue weighted by molar-refractivity contribution is 5.98. The second-order valence-corrected chi connectivity index (χ2v) is 5.66. The Morgan fingerprint density at radius 1 is 1.09 bits per heavy atom. The number of ether oxygens (including phenoxy) is 3. The number of carbonyl (C=O) groups excluding carboxylic acids is 1. The lowest BCUT2D eigenvalue weighted by Gasteiger charge is -2.23. The molecule has 0 aromatic heterocycles. The molecule has 1 aliphatic rings. The number of likely N-dealkylation sites (tertiary alicyclic amines) is 1. The summed E-state index contributed by atoms with van der Waals surface area (Å²) in [6.07, 6.45) is 2.50. The predicted octanol–water partition coefficient (Wildman–Crippen LogP) is 1.88. The number of hydrogen-bond acceptors (Lipinski definition) is 5. The SMILES string of the molecule is COc1ccc(C(=O)N(C)CCN2CCCC2)c(OC)c1OC. The van der Waals surface area contributed by atoms with Crippen LogP contribution in [0.1, 0.15) is 23.2 Å². The first-order valence-electron chi connectivity index (χ1n) is 7.89. The van der Waals surface area contributed by atoms with Gasteiger partial charge in [0.1, 0.15) is 0 Å². The number of benzene rings is 1. The number of nitrogens with zero attached hydrogens (tertiary/aromatic N) is 2. The van der Waals surface area contributed by atoms with E-state index in [1.807, 2.05) is 7.05 Å². The van der Waals surface area contributed by atoms with Crippen molar-refractivity contribution in [3.05, 3.63) is 17.7 Å². The third-order valence-corrected chi connectivity index (χ3v) is 4.23. The summed E-state index contributed by atoms with van der Waals surface area (Å²) in [5, 5.41) is 0. The molecular formula is C17H26N2O4. The number of likely N-dealkylation sites (N-methyl/N-ethyl adjacent to an activating group) is 1. The molecule has 0 unspecified atom stereocenters. The zero-order valence-electron chi connectivity index (χ0n) is 14.4. The Morgan fingerprint density at radius 3 is 2.30 bits per heavy atom. The smallest absolute Gasteiger partial charge is 0.257 e. The van der Waals surface area contributed by atoms with Gasteiger partial charge in [-0.15, -0.1) is 0 Å². The molecule has 0 N–H and O–H groups in total. The molecule has 0 saturated carbocycles. The molecule has 1 aliphatic heterocycles. The van der Waals surface area contributed by atoms with E-state index in [9.17, 15) is 4.79 Å². The summed E-state index contributed by atoms with van der Waals surface area (Å²) in [5.41, 5.74) is 0.481. The highest BCUT2D eigenvalue weighted by Crippen LogP contribution is 2.40. The molecular weight excluding hydrogens is 296 g/mol. The molecule has 1 saturated heterocycles. The number of rotatable bonds is 7. The van der Waals surface area contributed by atoms with Crippen molar-refractivity contribution in [2.45, 2.75) is 12.8 Å². The minimum atomic E-state index is -0.0815. The van der Waals surface area contributed by atoms with Gasteiger partial charge in [0.25, 0.3) is 5.91 Å².